The van der Waals surface area contributed by atoms with Crippen molar-refractivity contribution in [2.45, 2.75) is 39.3 Å². The van der Waals surface area contributed by atoms with E-state index >= 15 is 0 Å². The summed E-state index contributed by atoms with van der Waals surface area (Å²) in [6, 6.07) is 17.4. The second-order valence-corrected chi connectivity index (χ2v) is 8.70. The Balaban J connectivity index is 1.46. The van der Waals surface area contributed by atoms with Gasteiger partial charge in [-0.15, -0.1) is 0 Å². The first-order chi connectivity index (χ1) is 15.5. The molecular weight excluding hydrogens is 402 g/mol. The lowest BCUT2D eigenvalue weighted by Gasteiger charge is -2.32. The number of carbonyl (C=O) groups excluding carboxylic acids is 1. The highest BCUT2D eigenvalue weighted by Crippen LogP contribution is 2.22. The summed E-state index contributed by atoms with van der Waals surface area (Å²) >= 11 is 0. The average molecular weight is 436 g/mol. The minimum absolute atomic E-state index is 0.00640. The number of methoxy groups -OCH3 is 1. The Morgan fingerprint density at radius 2 is 1.84 bits per heavy atom. The van der Waals surface area contributed by atoms with Crippen molar-refractivity contribution in [2.75, 3.05) is 26.7 Å². The number of nitrogens with zero attached hydrogens (tertiary/aromatic N) is 2. The highest BCUT2D eigenvalue weighted by molar-refractivity contribution is 5.81. The molecule has 0 spiro atoms. The van der Waals surface area contributed by atoms with Gasteiger partial charge in [-0.3, -0.25) is 9.69 Å². The Morgan fingerprint density at radius 3 is 2.47 bits per heavy atom. The molecule has 1 saturated heterocycles. The number of likely N-dealkylation sites (tertiary alicyclic amines) is 1. The van der Waals surface area contributed by atoms with Crippen LogP contribution in [-0.4, -0.2) is 43.7 Å². The van der Waals surface area contributed by atoms with Gasteiger partial charge in [0, 0.05) is 13.1 Å². The van der Waals surface area contributed by atoms with Crippen LogP contribution >= 0.6 is 0 Å². The summed E-state index contributed by atoms with van der Waals surface area (Å²) < 4.78 is 11.2. The lowest BCUT2D eigenvalue weighted by atomic mass is 9.96. The molecule has 1 N–H and O–H groups in total. The fourth-order valence-corrected chi connectivity index (χ4v) is 3.97. The maximum atomic E-state index is 12.8. The third-order valence-corrected chi connectivity index (χ3v) is 5.96. The van der Waals surface area contributed by atoms with Gasteiger partial charge in [0.1, 0.15) is 17.6 Å². The van der Waals surface area contributed by atoms with Crippen LogP contribution in [0.4, 0.5) is 0 Å². The summed E-state index contributed by atoms with van der Waals surface area (Å²) in [5.74, 6) is 1.67. The van der Waals surface area contributed by atoms with Crippen molar-refractivity contribution < 1.29 is 14.3 Å². The number of amides is 1. The molecule has 32 heavy (non-hydrogen) atoms. The van der Waals surface area contributed by atoms with E-state index in [2.05, 4.69) is 28.4 Å². The molecule has 6 nitrogen and oxygen atoms in total. The van der Waals surface area contributed by atoms with Crippen molar-refractivity contribution in [3.05, 3.63) is 59.7 Å². The van der Waals surface area contributed by atoms with Crippen molar-refractivity contribution in [3.8, 4) is 17.6 Å². The number of hydrogen-bond acceptors (Lipinski definition) is 5. The molecule has 1 unspecified atom stereocenters. The maximum Gasteiger partial charge on any atom is 0.261 e. The van der Waals surface area contributed by atoms with Gasteiger partial charge in [0.15, 0.2) is 6.10 Å². The van der Waals surface area contributed by atoms with Crippen LogP contribution in [-0.2, 0) is 11.3 Å². The SMILES string of the molecule is COc1ccc(CN2CCC(CNC(=O)C(Oc3ccccc3C#N)C(C)C)CC2)cc1. The van der Waals surface area contributed by atoms with Gasteiger partial charge >= 0.3 is 0 Å². The standard InChI is InChI=1S/C26H33N3O3/c1-19(2)25(32-24-7-5-4-6-22(24)16-27)26(30)28-17-20-12-14-29(15-13-20)18-21-8-10-23(31-3)11-9-21/h4-11,19-20,25H,12-15,17-18H2,1-3H3,(H,28,30). The summed E-state index contributed by atoms with van der Waals surface area (Å²) in [4.78, 5) is 15.3. The normalized spacial score (nSPS) is 15.7. The fourth-order valence-electron chi connectivity index (χ4n) is 3.97. The van der Waals surface area contributed by atoms with Gasteiger partial charge in [-0.2, -0.15) is 5.26 Å². The summed E-state index contributed by atoms with van der Waals surface area (Å²) in [6.07, 6.45) is 1.49. The number of piperidine rings is 1. The zero-order valence-electron chi connectivity index (χ0n) is 19.2. The molecule has 1 aliphatic heterocycles. The number of para-hydroxylation sites is 1. The van der Waals surface area contributed by atoms with Crippen LogP contribution in [0, 0.1) is 23.2 Å². The number of ether oxygens (including phenoxy) is 2. The molecule has 1 fully saturated rings. The number of nitriles is 1. The first kappa shape index (κ1) is 23.6. The summed E-state index contributed by atoms with van der Waals surface area (Å²) in [5.41, 5.74) is 1.72. The topological polar surface area (TPSA) is 74.6 Å². The molecule has 0 aliphatic carbocycles. The van der Waals surface area contributed by atoms with E-state index in [9.17, 15) is 10.1 Å². The van der Waals surface area contributed by atoms with Crippen molar-refractivity contribution in [1.29, 1.82) is 5.26 Å². The average Bonchev–Trinajstić information content (AvgIpc) is 2.82. The third-order valence-electron chi connectivity index (χ3n) is 5.96. The minimum atomic E-state index is -0.625. The Bertz CT molecular complexity index is 913. The highest BCUT2D eigenvalue weighted by atomic mass is 16.5. The van der Waals surface area contributed by atoms with E-state index in [0.717, 1.165) is 38.2 Å². The van der Waals surface area contributed by atoms with Crippen molar-refractivity contribution in [1.82, 2.24) is 10.2 Å². The number of nitrogens with one attached hydrogen (secondary N) is 1. The minimum Gasteiger partial charge on any atom is -0.497 e. The number of carbonyl (C=O) groups is 1. The lowest BCUT2D eigenvalue weighted by Crippen LogP contribution is -2.45. The molecule has 2 aromatic carbocycles. The molecule has 6 heteroatoms. The molecule has 1 heterocycles. The van der Waals surface area contributed by atoms with Crippen LogP contribution in [0.3, 0.4) is 0 Å². The maximum absolute atomic E-state index is 12.8. The summed E-state index contributed by atoms with van der Waals surface area (Å²) in [7, 11) is 1.68. The number of hydrogen-bond donors (Lipinski definition) is 1. The molecule has 0 bridgehead atoms. The summed E-state index contributed by atoms with van der Waals surface area (Å²) in [6.45, 7) is 7.54. The zero-order valence-corrected chi connectivity index (χ0v) is 19.2. The predicted molar refractivity (Wildman–Crippen MR) is 124 cm³/mol. The monoisotopic (exact) mass is 435 g/mol. The molecule has 1 atom stereocenters. The second-order valence-electron chi connectivity index (χ2n) is 8.70. The Kier molecular flexibility index (Phi) is 8.52. The van der Waals surface area contributed by atoms with Gasteiger partial charge < -0.3 is 14.8 Å². The molecule has 1 aliphatic rings. The van der Waals surface area contributed by atoms with Crippen LogP contribution < -0.4 is 14.8 Å². The van der Waals surface area contributed by atoms with Gasteiger partial charge in [-0.05, 0) is 67.6 Å². The quantitative estimate of drug-likeness (QED) is 0.644. The van der Waals surface area contributed by atoms with Crippen molar-refractivity contribution in [3.63, 3.8) is 0 Å². The van der Waals surface area contributed by atoms with Crippen LogP contribution in [0.15, 0.2) is 48.5 Å². The summed E-state index contributed by atoms with van der Waals surface area (Å²) in [5, 5.41) is 12.4. The van der Waals surface area contributed by atoms with E-state index in [0.29, 0.717) is 23.8 Å². The van der Waals surface area contributed by atoms with Gasteiger partial charge in [-0.25, -0.2) is 0 Å². The molecule has 0 aromatic heterocycles. The van der Waals surface area contributed by atoms with E-state index in [1.807, 2.05) is 32.0 Å². The van der Waals surface area contributed by atoms with Gasteiger partial charge in [0.05, 0.1) is 12.7 Å². The van der Waals surface area contributed by atoms with Crippen molar-refractivity contribution >= 4 is 5.91 Å². The van der Waals surface area contributed by atoms with E-state index in [1.54, 1.807) is 25.3 Å². The van der Waals surface area contributed by atoms with E-state index < -0.39 is 6.10 Å². The molecular formula is C26H33N3O3. The second kappa shape index (κ2) is 11.5. The molecule has 1 amide bonds. The van der Waals surface area contributed by atoms with Crippen LogP contribution in [0.25, 0.3) is 0 Å². The Morgan fingerprint density at radius 1 is 1.16 bits per heavy atom. The van der Waals surface area contributed by atoms with Gasteiger partial charge in [0.25, 0.3) is 5.91 Å². The fraction of sp³-hybridized carbons (Fsp3) is 0.462. The van der Waals surface area contributed by atoms with Crippen molar-refractivity contribution in [2.24, 2.45) is 11.8 Å². The zero-order chi connectivity index (χ0) is 22.9. The largest absolute Gasteiger partial charge is 0.497 e. The molecule has 2 aromatic rings. The first-order valence-electron chi connectivity index (χ1n) is 11.3. The molecule has 170 valence electrons. The van der Waals surface area contributed by atoms with Crippen LogP contribution in [0.1, 0.15) is 37.8 Å². The molecule has 3 rings (SSSR count). The molecule has 0 saturated carbocycles. The Hall–Kier alpha value is -3.04. The van der Waals surface area contributed by atoms with Crippen LogP contribution in [0.5, 0.6) is 11.5 Å². The van der Waals surface area contributed by atoms with Gasteiger partial charge in [-0.1, -0.05) is 38.1 Å². The van der Waals surface area contributed by atoms with E-state index in [1.165, 1.54) is 5.56 Å². The predicted octanol–water partition coefficient (Wildman–Crippen LogP) is 4.00. The third kappa shape index (κ3) is 6.48. The first-order valence-corrected chi connectivity index (χ1v) is 11.3. The highest BCUT2D eigenvalue weighted by Gasteiger charge is 2.27. The van der Waals surface area contributed by atoms with Gasteiger partial charge in [0.2, 0.25) is 0 Å². The van der Waals surface area contributed by atoms with E-state index in [4.69, 9.17) is 9.47 Å². The van der Waals surface area contributed by atoms with E-state index in [-0.39, 0.29) is 11.8 Å². The number of benzene rings is 2. The lowest BCUT2D eigenvalue weighted by molar-refractivity contribution is -0.130. The molecule has 0 radical (unpaired) electrons. The smallest absolute Gasteiger partial charge is 0.261 e. The van der Waals surface area contributed by atoms with Crippen LogP contribution in [0.2, 0.25) is 0 Å². The number of rotatable bonds is 9. The Labute approximate surface area is 191 Å².